The predicted octanol–water partition coefficient (Wildman–Crippen LogP) is 4.54. The van der Waals surface area contributed by atoms with Gasteiger partial charge in [-0.25, -0.2) is 0 Å². The predicted molar refractivity (Wildman–Crippen MR) is 128 cm³/mol. The zero-order chi connectivity index (χ0) is 24.4. The number of ether oxygens (including phenoxy) is 2. The Balaban J connectivity index is 2.17. The van der Waals surface area contributed by atoms with Crippen LogP contribution in [0.5, 0.6) is 11.5 Å². The normalized spacial score (nSPS) is 11.8. The molecule has 7 heteroatoms. The van der Waals surface area contributed by atoms with E-state index in [1.165, 1.54) is 0 Å². The highest BCUT2D eigenvalue weighted by molar-refractivity contribution is 5.85. The van der Waals surface area contributed by atoms with Crippen LogP contribution in [-0.2, 0) is 22.6 Å². The Labute approximate surface area is 197 Å². The van der Waals surface area contributed by atoms with Crippen molar-refractivity contribution in [3.8, 4) is 11.5 Å². The molecule has 1 aromatic carbocycles. The van der Waals surface area contributed by atoms with Crippen molar-refractivity contribution in [1.82, 2.24) is 9.80 Å². The summed E-state index contributed by atoms with van der Waals surface area (Å²) in [6.45, 7) is 8.96. The molecule has 0 N–H and O–H groups in total. The lowest BCUT2D eigenvalue weighted by atomic mass is 10.1. The number of carbonyl (C=O) groups excluding carboxylic acids is 2. The molecule has 2 rings (SSSR count). The van der Waals surface area contributed by atoms with Crippen LogP contribution in [-0.4, -0.2) is 55.0 Å². The first kappa shape index (κ1) is 26.3. The van der Waals surface area contributed by atoms with Gasteiger partial charge in [0.05, 0.1) is 27.0 Å². The maximum absolute atomic E-state index is 13.4. The summed E-state index contributed by atoms with van der Waals surface area (Å²) in [7, 11) is 3.21. The van der Waals surface area contributed by atoms with Crippen LogP contribution in [0.2, 0.25) is 0 Å². The van der Waals surface area contributed by atoms with Crippen LogP contribution in [0.25, 0.3) is 0 Å². The lowest BCUT2D eigenvalue weighted by Crippen LogP contribution is -2.47. The lowest BCUT2D eigenvalue weighted by Gasteiger charge is -2.31. The van der Waals surface area contributed by atoms with E-state index in [2.05, 4.69) is 0 Å². The first-order valence-corrected chi connectivity index (χ1v) is 11.6. The minimum atomic E-state index is -0.0933. The van der Waals surface area contributed by atoms with Gasteiger partial charge in [0.25, 0.3) is 0 Å². The van der Waals surface area contributed by atoms with Crippen molar-refractivity contribution in [2.24, 2.45) is 5.92 Å². The fourth-order valence-corrected chi connectivity index (χ4v) is 3.61. The van der Waals surface area contributed by atoms with Crippen LogP contribution < -0.4 is 9.47 Å². The van der Waals surface area contributed by atoms with Gasteiger partial charge in [0.1, 0.15) is 12.3 Å². The summed E-state index contributed by atoms with van der Waals surface area (Å²) >= 11 is 0. The molecule has 0 unspecified atom stereocenters. The zero-order valence-corrected chi connectivity index (χ0v) is 20.8. The second-order valence-electron chi connectivity index (χ2n) is 8.71. The fourth-order valence-electron chi connectivity index (χ4n) is 3.61. The molecule has 1 atom stereocenters. The summed E-state index contributed by atoms with van der Waals surface area (Å²) < 4.78 is 16.2. The molecule has 0 aliphatic carbocycles. The highest BCUT2D eigenvalue weighted by Gasteiger charge is 2.25. The summed E-state index contributed by atoms with van der Waals surface area (Å²) in [5, 5.41) is 0. The van der Waals surface area contributed by atoms with Crippen LogP contribution in [0.4, 0.5) is 0 Å². The van der Waals surface area contributed by atoms with Crippen molar-refractivity contribution in [2.45, 2.75) is 59.5 Å². The van der Waals surface area contributed by atoms with Crippen molar-refractivity contribution in [3.05, 3.63) is 47.9 Å². The number of methoxy groups -OCH3 is 2. The van der Waals surface area contributed by atoms with Crippen LogP contribution in [0.3, 0.4) is 0 Å². The van der Waals surface area contributed by atoms with Crippen LogP contribution >= 0.6 is 0 Å². The second-order valence-corrected chi connectivity index (χ2v) is 8.71. The largest absolute Gasteiger partial charge is 0.493 e. The van der Waals surface area contributed by atoms with Crippen LogP contribution in [0.1, 0.15) is 51.9 Å². The van der Waals surface area contributed by atoms with Gasteiger partial charge in [0.2, 0.25) is 11.8 Å². The van der Waals surface area contributed by atoms with Crippen molar-refractivity contribution in [2.75, 3.05) is 27.3 Å². The summed E-state index contributed by atoms with van der Waals surface area (Å²) in [5.74, 6) is 2.19. The fraction of sp³-hybridized carbons (Fsp3) is 0.538. The molecule has 7 nitrogen and oxygen atoms in total. The summed E-state index contributed by atoms with van der Waals surface area (Å²) in [6, 6.07) is 9.41. The third kappa shape index (κ3) is 7.84. The van der Waals surface area contributed by atoms with Crippen LogP contribution in [0, 0.1) is 5.92 Å². The van der Waals surface area contributed by atoms with E-state index < -0.39 is 0 Å². The average molecular weight is 459 g/mol. The topological polar surface area (TPSA) is 72.2 Å². The van der Waals surface area contributed by atoms with Gasteiger partial charge in [-0.2, -0.15) is 0 Å². The van der Waals surface area contributed by atoms with Crippen molar-refractivity contribution in [3.63, 3.8) is 0 Å². The van der Waals surface area contributed by atoms with Gasteiger partial charge in [-0.05, 0) is 55.5 Å². The monoisotopic (exact) mass is 458 g/mol. The number of benzene rings is 1. The maximum atomic E-state index is 13.4. The van der Waals surface area contributed by atoms with E-state index in [1.807, 2.05) is 58.0 Å². The molecule has 1 heterocycles. The van der Waals surface area contributed by atoms with Crippen molar-refractivity contribution in [1.29, 1.82) is 0 Å². The molecule has 182 valence electrons. The van der Waals surface area contributed by atoms with E-state index in [4.69, 9.17) is 13.9 Å². The van der Waals surface area contributed by atoms with Crippen LogP contribution in [0.15, 0.2) is 41.0 Å². The molecular formula is C26H38N2O5. The molecule has 0 bridgehead atoms. The van der Waals surface area contributed by atoms with Gasteiger partial charge in [-0.3, -0.25) is 9.59 Å². The van der Waals surface area contributed by atoms with Gasteiger partial charge >= 0.3 is 0 Å². The van der Waals surface area contributed by atoms with Gasteiger partial charge in [-0.15, -0.1) is 0 Å². The molecule has 0 aliphatic heterocycles. The molecule has 0 aliphatic rings. The highest BCUT2D eigenvalue weighted by atomic mass is 16.5. The number of nitrogens with zero attached hydrogens (tertiary/aromatic N) is 2. The molecule has 0 radical (unpaired) electrons. The lowest BCUT2D eigenvalue weighted by molar-refractivity contribution is -0.143. The smallest absolute Gasteiger partial charge is 0.242 e. The van der Waals surface area contributed by atoms with Gasteiger partial charge in [0, 0.05) is 19.0 Å². The van der Waals surface area contributed by atoms with E-state index >= 15 is 0 Å². The molecular weight excluding hydrogens is 420 g/mol. The Hall–Kier alpha value is -2.96. The number of furan rings is 1. The Morgan fingerprint density at radius 2 is 1.76 bits per heavy atom. The Kier molecular flexibility index (Phi) is 10.3. The second kappa shape index (κ2) is 12.9. The van der Waals surface area contributed by atoms with E-state index in [0.29, 0.717) is 43.2 Å². The SMILES string of the molecule is CC[C@@H](C)N(CC(=O)N(CCc1ccc(OC)c(OC)c1)Cc1ccco1)C(=O)CC(C)C. The summed E-state index contributed by atoms with van der Waals surface area (Å²) in [4.78, 5) is 29.7. The minimum Gasteiger partial charge on any atom is -0.493 e. The first-order chi connectivity index (χ1) is 15.8. The molecule has 1 aromatic heterocycles. The van der Waals surface area contributed by atoms with E-state index in [9.17, 15) is 9.59 Å². The average Bonchev–Trinajstić information content (AvgIpc) is 3.31. The molecule has 2 amide bonds. The Bertz CT molecular complexity index is 879. The molecule has 0 saturated carbocycles. The number of hydrogen-bond donors (Lipinski definition) is 0. The zero-order valence-electron chi connectivity index (χ0n) is 20.8. The number of rotatable bonds is 13. The highest BCUT2D eigenvalue weighted by Crippen LogP contribution is 2.27. The van der Waals surface area contributed by atoms with Gasteiger partial charge in [0.15, 0.2) is 11.5 Å². The maximum Gasteiger partial charge on any atom is 0.242 e. The van der Waals surface area contributed by atoms with E-state index in [-0.39, 0.29) is 30.3 Å². The third-order valence-electron chi connectivity index (χ3n) is 5.73. The van der Waals surface area contributed by atoms with Crippen molar-refractivity contribution >= 4 is 11.8 Å². The molecule has 0 fully saturated rings. The number of amides is 2. The molecule has 0 saturated heterocycles. The van der Waals surface area contributed by atoms with E-state index in [1.54, 1.807) is 30.3 Å². The van der Waals surface area contributed by atoms with Gasteiger partial charge < -0.3 is 23.7 Å². The minimum absolute atomic E-state index is 0.00323. The third-order valence-corrected chi connectivity index (χ3v) is 5.73. The molecule has 33 heavy (non-hydrogen) atoms. The quantitative estimate of drug-likeness (QED) is 0.441. The molecule has 2 aromatic rings. The van der Waals surface area contributed by atoms with Gasteiger partial charge in [-0.1, -0.05) is 26.8 Å². The first-order valence-electron chi connectivity index (χ1n) is 11.6. The van der Waals surface area contributed by atoms with Crippen molar-refractivity contribution < 1.29 is 23.5 Å². The summed E-state index contributed by atoms with van der Waals surface area (Å²) in [6.07, 6.45) is 3.46. The van der Waals surface area contributed by atoms with E-state index in [0.717, 1.165) is 12.0 Å². The Morgan fingerprint density at radius 3 is 2.33 bits per heavy atom. The molecule has 0 spiro atoms. The standard InChI is InChI=1S/C26H38N2O5/c1-7-20(4)28(25(29)15-19(2)3)18-26(30)27(17-22-9-8-14-33-22)13-12-21-10-11-23(31-5)24(16-21)32-6/h8-11,14,16,19-20H,7,12-13,15,17-18H2,1-6H3/t20-/m1/s1. The number of carbonyl (C=O) groups is 2. The summed E-state index contributed by atoms with van der Waals surface area (Å²) in [5.41, 5.74) is 1.03. The number of hydrogen-bond acceptors (Lipinski definition) is 5. The Morgan fingerprint density at radius 1 is 1.03 bits per heavy atom.